The van der Waals surface area contributed by atoms with E-state index in [4.69, 9.17) is 4.74 Å². The van der Waals surface area contributed by atoms with Crippen molar-refractivity contribution >= 4 is 29.9 Å². The number of ether oxygens (including phenoxy) is 1. The lowest BCUT2D eigenvalue weighted by Crippen LogP contribution is -2.39. The summed E-state index contributed by atoms with van der Waals surface area (Å²) in [5, 5.41) is 10.4. The minimum Gasteiger partial charge on any atom is -0.492 e. The zero-order chi connectivity index (χ0) is 17.4. The molecule has 7 nitrogen and oxygen atoms in total. The highest BCUT2D eigenvalue weighted by molar-refractivity contribution is 14.0. The van der Waals surface area contributed by atoms with Gasteiger partial charge in [-0.2, -0.15) is 5.10 Å². The first-order valence-corrected chi connectivity index (χ1v) is 8.10. The number of hydrogen-bond donors (Lipinski definition) is 2. The molecule has 25 heavy (non-hydrogen) atoms. The summed E-state index contributed by atoms with van der Waals surface area (Å²) in [7, 11) is 3.59. The summed E-state index contributed by atoms with van der Waals surface area (Å²) in [6.45, 7) is 6.14. The third-order valence-electron chi connectivity index (χ3n) is 3.65. The quantitative estimate of drug-likeness (QED) is 0.288. The van der Waals surface area contributed by atoms with Crippen LogP contribution in [0.25, 0.3) is 0 Å². The van der Waals surface area contributed by atoms with Gasteiger partial charge in [-0.1, -0.05) is 26.0 Å². The van der Waals surface area contributed by atoms with Gasteiger partial charge < -0.3 is 15.4 Å². The van der Waals surface area contributed by atoms with E-state index in [-0.39, 0.29) is 24.0 Å². The molecular formula is C17H27IN6O. The predicted molar refractivity (Wildman–Crippen MR) is 111 cm³/mol. The third kappa shape index (κ3) is 6.89. The summed E-state index contributed by atoms with van der Waals surface area (Å²) in [5.74, 6) is 2.96. The molecule has 1 aromatic heterocycles. The molecule has 1 heterocycles. The highest BCUT2D eigenvalue weighted by atomic mass is 127. The van der Waals surface area contributed by atoms with Crippen LogP contribution in [-0.4, -0.2) is 40.9 Å². The van der Waals surface area contributed by atoms with Crippen molar-refractivity contribution in [1.82, 2.24) is 25.4 Å². The number of rotatable bonds is 7. The van der Waals surface area contributed by atoms with Crippen LogP contribution in [-0.2, 0) is 13.6 Å². The lowest BCUT2D eigenvalue weighted by molar-refractivity contribution is 0.322. The second-order valence-electron chi connectivity index (χ2n) is 5.72. The summed E-state index contributed by atoms with van der Waals surface area (Å²) >= 11 is 0. The second-order valence-corrected chi connectivity index (χ2v) is 5.72. The van der Waals surface area contributed by atoms with Crippen molar-refractivity contribution in [3.05, 3.63) is 42.0 Å². The number of hydrogen-bond acceptors (Lipinski definition) is 4. The van der Waals surface area contributed by atoms with Gasteiger partial charge in [0, 0.05) is 14.1 Å². The molecule has 0 fully saturated rings. The fraction of sp³-hybridized carbons (Fsp3) is 0.471. The molecular weight excluding hydrogens is 431 g/mol. The van der Waals surface area contributed by atoms with Crippen molar-refractivity contribution in [3.63, 3.8) is 0 Å². The van der Waals surface area contributed by atoms with Gasteiger partial charge in [0.15, 0.2) is 5.96 Å². The first kappa shape index (κ1) is 21.2. The van der Waals surface area contributed by atoms with Crippen LogP contribution in [0.1, 0.15) is 31.2 Å². The Balaban J connectivity index is 0.00000312. The van der Waals surface area contributed by atoms with Crippen molar-refractivity contribution < 1.29 is 4.74 Å². The minimum absolute atomic E-state index is 0. The van der Waals surface area contributed by atoms with Gasteiger partial charge in [-0.25, -0.2) is 4.98 Å². The number of halogens is 1. The second kappa shape index (κ2) is 10.9. The zero-order valence-corrected chi connectivity index (χ0v) is 17.5. The van der Waals surface area contributed by atoms with E-state index in [1.165, 1.54) is 11.9 Å². The summed E-state index contributed by atoms with van der Waals surface area (Å²) in [6.07, 6.45) is 1.53. The number of guanidine groups is 1. The van der Waals surface area contributed by atoms with Gasteiger partial charge in [-0.15, -0.1) is 24.0 Å². The molecule has 2 rings (SSSR count). The van der Waals surface area contributed by atoms with E-state index < -0.39 is 0 Å². The molecule has 2 N–H and O–H groups in total. The standard InChI is InChI=1S/C17H26N6O.HI/c1-13(2)14-5-7-15(8-6-14)24-10-9-19-17(18-3)20-11-16-21-12-22-23(16)4;/h5-8,12-13H,9-11H2,1-4H3,(H2,18,19,20);1H. The van der Waals surface area contributed by atoms with Crippen molar-refractivity contribution in [2.45, 2.75) is 26.3 Å². The van der Waals surface area contributed by atoms with Crippen LogP contribution in [0.2, 0.25) is 0 Å². The average Bonchev–Trinajstić information content (AvgIpc) is 2.99. The van der Waals surface area contributed by atoms with Crippen LogP contribution in [0.4, 0.5) is 0 Å². The highest BCUT2D eigenvalue weighted by Crippen LogP contribution is 2.18. The van der Waals surface area contributed by atoms with Crippen molar-refractivity contribution in [3.8, 4) is 5.75 Å². The van der Waals surface area contributed by atoms with E-state index in [1.807, 2.05) is 19.2 Å². The Morgan fingerprint density at radius 3 is 2.52 bits per heavy atom. The number of aliphatic imine (C=N–C) groups is 1. The first-order valence-electron chi connectivity index (χ1n) is 8.10. The van der Waals surface area contributed by atoms with Gasteiger partial charge in [0.2, 0.25) is 0 Å². The smallest absolute Gasteiger partial charge is 0.191 e. The molecule has 0 atom stereocenters. The summed E-state index contributed by atoms with van der Waals surface area (Å²) in [6, 6.07) is 8.23. The largest absolute Gasteiger partial charge is 0.492 e. The Bertz CT molecular complexity index is 653. The molecule has 0 amide bonds. The maximum Gasteiger partial charge on any atom is 0.191 e. The Morgan fingerprint density at radius 2 is 1.96 bits per heavy atom. The molecule has 1 aromatic carbocycles. The Labute approximate surface area is 166 Å². The van der Waals surface area contributed by atoms with Crippen LogP contribution < -0.4 is 15.4 Å². The minimum atomic E-state index is 0. The number of aromatic nitrogens is 3. The van der Waals surface area contributed by atoms with Crippen LogP contribution in [0.15, 0.2) is 35.6 Å². The van der Waals surface area contributed by atoms with Gasteiger partial charge in [-0.05, 0) is 23.6 Å². The van der Waals surface area contributed by atoms with Crippen LogP contribution in [0.5, 0.6) is 5.75 Å². The average molecular weight is 458 g/mol. The van der Waals surface area contributed by atoms with Crippen molar-refractivity contribution in [2.24, 2.45) is 12.0 Å². The summed E-state index contributed by atoms with van der Waals surface area (Å²) in [4.78, 5) is 8.33. The van der Waals surface area contributed by atoms with Gasteiger partial charge in [0.25, 0.3) is 0 Å². The summed E-state index contributed by atoms with van der Waals surface area (Å²) < 4.78 is 7.46. The third-order valence-corrected chi connectivity index (χ3v) is 3.65. The fourth-order valence-electron chi connectivity index (χ4n) is 2.15. The first-order chi connectivity index (χ1) is 11.6. The van der Waals surface area contributed by atoms with E-state index in [2.05, 4.69) is 51.7 Å². The van der Waals surface area contributed by atoms with E-state index in [0.29, 0.717) is 31.6 Å². The molecule has 2 aromatic rings. The molecule has 0 aliphatic heterocycles. The lowest BCUT2D eigenvalue weighted by Gasteiger charge is -2.12. The molecule has 138 valence electrons. The molecule has 0 bridgehead atoms. The monoisotopic (exact) mass is 458 g/mol. The molecule has 0 radical (unpaired) electrons. The molecule has 8 heteroatoms. The number of nitrogens with zero attached hydrogens (tertiary/aromatic N) is 4. The van der Waals surface area contributed by atoms with Gasteiger partial charge in [-0.3, -0.25) is 9.67 Å². The lowest BCUT2D eigenvalue weighted by atomic mass is 10.0. The molecule has 0 unspecified atom stereocenters. The number of nitrogens with one attached hydrogen (secondary N) is 2. The Morgan fingerprint density at radius 1 is 1.24 bits per heavy atom. The summed E-state index contributed by atoms with van der Waals surface area (Å²) in [5.41, 5.74) is 1.31. The molecule has 0 aliphatic carbocycles. The Hall–Kier alpha value is -1.84. The van der Waals surface area contributed by atoms with Gasteiger partial charge >= 0.3 is 0 Å². The zero-order valence-electron chi connectivity index (χ0n) is 15.2. The van der Waals surface area contributed by atoms with E-state index >= 15 is 0 Å². The van der Waals surface area contributed by atoms with Gasteiger partial charge in [0.05, 0.1) is 13.1 Å². The molecule has 0 spiro atoms. The van der Waals surface area contributed by atoms with Gasteiger partial charge in [0.1, 0.15) is 24.5 Å². The maximum absolute atomic E-state index is 5.73. The van der Waals surface area contributed by atoms with Crippen LogP contribution in [0.3, 0.4) is 0 Å². The van der Waals surface area contributed by atoms with E-state index in [1.54, 1.807) is 11.7 Å². The molecule has 0 saturated heterocycles. The van der Waals surface area contributed by atoms with E-state index in [0.717, 1.165) is 11.6 Å². The fourth-order valence-corrected chi connectivity index (χ4v) is 2.15. The topological polar surface area (TPSA) is 76.4 Å². The van der Waals surface area contributed by atoms with Crippen molar-refractivity contribution in [2.75, 3.05) is 20.2 Å². The molecule has 0 aliphatic rings. The predicted octanol–water partition coefficient (Wildman–Crippen LogP) is 2.30. The van der Waals surface area contributed by atoms with Crippen molar-refractivity contribution in [1.29, 1.82) is 0 Å². The van der Waals surface area contributed by atoms with Crippen LogP contribution >= 0.6 is 24.0 Å². The van der Waals surface area contributed by atoms with Crippen LogP contribution in [0, 0.1) is 0 Å². The number of aryl methyl sites for hydroxylation is 1. The maximum atomic E-state index is 5.73. The number of benzene rings is 1. The SMILES string of the molecule is CN=C(NCCOc1ccc(C(C)C)cc1)NCc1ncnn1C.I. The highest BCUT2D eigenvalue weighted by Gasteiger charge is 2.03. The van der Waals surface area contributed by atoms with E-state index in [9.17, 15) is 0 Å². The Kier molecular flexibility index (Phi) is 9.25. The normalized spacial score (nSPS) is 11.2. The molecule has 0 saturated carbocycles.